The molecule has 2 amide bonds. The van der Waals surface area contributed by atoms with E-state index in [2.05, 4.69) is 27.5 Å². The highest BCUT2D eigenvalue weighted by Crippen LogP contribution is 2.25. The minimum atomic E-state index is -0.482. The second-order valence-corrected chi connectivity index (χ2v) is 6.88. The number of nitrogens with one attached hydrogen (secondary N) is 1. The van der Waals surface area contributed by atoms with Crippen LogP contribution in [0.25, 0.3) is 0 Å². The number of carbonyl (C=O) groups is 2. The van der Waals surface area contributed by atoms with Crippen molar-refractivity contribution >= 4 is 11.8 Å². The first-order valence-electron chi connectivity index (χ1n) is 9.25. The molecule has 0 unspecified atom stereocenters. The first-order chi connectivity index (χ1) is 13.6. The molecular formula is C21H21N5O2. The van der Waals surface area contributed by atoms with Crippen molar-refractivity contribution in [2.75, 3.05) is 0 Å². The lowest BCUT2D eigenvalue weighted by atomic mass is 9.95. The Kier molecular flexibility index (Phi) is 4.89. The Balaban J connectivity index is 1.62. The highest BCUT2D eigenvalue weighted by Gasteiger charge is 2.29. The summed E-state index contributed by atoms with van der Waals surface area (Å²) in [6, 6.07) is 17.3. The summed E-state index contributed by atoms with van der Waals surface area (Å²) in [5, 5.41) is 7.49. The molecule has 1 atom stereocenters. The van der Waals surface area contributed by atoms with Crippen molar-refractivity contribution in [1.29, 1.82) is 0 Å². The number of hydrogen-bond acceptors (Lipinski definition) is 4. The molecule has 3 aromatic rings. The average molecular weight is 375 g/mol. The van der Waals surface area contributed by atoms with E-state index in [9.17, 15) is 9.59 Å². The van der Waals surface area contributed by atoms with E-state index in [1.54, 1.807) is 4.68 Å². The number of rotatable bonds is 6. The molecular weight excluding hydrogens is 354 g/mol. The maximum absolute atomic E-state index is 12.5. The minimum absolute atomic E-state index is 0.0252. The molecule has 1 aliphatic heterocycles. The summed E-state index contributed by atoms with van der Waals surface area (Å²) in [5.41, 5.74) is 8.16. The maximum atomic E-state index is 12.5. The second kappa shape index (κ2) is 7.64. The molecule has 142 valence electrons. The predicted molar refractivity (Wildman–Crippen MR) is 103 cm³/mol. The van der Waals surface area contributed by atoms with E-state index in [0.717, 1.165) is 12.0 Å². The van der Waals surface area contributed by atoms with Gasteiger partial charge < -0.3 is 11.1 Å². The van der Waals surface area contributed by atoms with Crippen molar-refractivity contribution in [3.8, 4) is 0 Å². The van der Waals surface area contributed by atoms with Gasteiger partial charge in [0.1, 0.15) is 5.82 Å². The molecule has 4 rings (SSSR count). The van der Waals surface area contributed by atoms with Crippen LogP contribution in [0.15, 0.2) is 54.6 Å². The molecule has 3 N–H and O–H groups in total. The van der Waals surface area contributed by atoms with Crippen LogP contribution < -0.4 is 11.1 Å². The first kappa shape index (κ1) is 17.9. The van der Waals surface area contributed by atoms with Gasteiger partial charge in [0.2, 0.25) is 5.91 Å². The van der Waals surface area contributed by atoms with Crippen LogP contribution in [-0.4, -0.2) is 26.6 Å². The average Bonchev–Trinajstić information content (AvgIpc) is 3.09. The standard InChI is InChI=1S/C21H21N5O2/c22-18(27)13-19-24-20(26(25-19)11-10-14-6-2-1-3-7-14)17-12-15-8-4-5-9-16(15)21(28)23-17/h1-9,17H,10-13H2,(H2,22,27)(H,23,28)/t17-/m1/s1. The normalized spacial score (nSPS) is 15.7. The van der Waals surface area contributed by atoms with E-state index < -0.39 is 5.91 Å². The van der Waals surface area contributed by atoms with Gasteiger partial charge in [-0.15, -0.1) is 0 Å². The summed E-state index contributed by atoms with van der Waals surface area (Å²) >= 11 is 0. The van der Waals surface area contributed by atoms with E-state index in [1.807, 2.05) is 42.5 Å². The number of amides is 2. The van der Waals surface area contributed by atoms with E-state index in [0.29, 0.717) is 30.2 Å². The quantitative estimate of drug-likeness (QED) is 0.683. The molecule has 0 bridgehead atoms. The van der Waals surface area contributed by atoms with Crippen LogP contribution in [0, 0.1) is 0 Å². The fraction of sp³-hybridized carbons (Fsp3) is 0.238. The molecule has 2 heterocycles. The zero-order valence-electron chi connectivity index (χ0n) is 15.3. The van der Waals surface area contributed by atoms with Crippen molar-refractivity contribution in [3.63, 3.8) is 0 Å². The zero-order valence-corrected chi connectivity index (χ0v) is 15.3. The van der Waals surface area contributed by atoms with Gasteiger partial charge in [-0.2, -0.15) is 5.10 Å². The largest absolute Gasteiger partial charge is 0.369 e. The lowest BCUT2D eigenvalue weighted by Gasteiger charge is -2.25. The van der Waals surface area contributed by atoms with Crippen molar-refractivity contribution in [1.82, 2.24) is 20.1 Å². The lowest BCUT2D eigenvalue weighted by molar-refractivity contribution is -0.117. The molecule has 0 aliphatic carbocycles. The van der Waals surface area contributed by atoms with Crippen molar-refractivity contribution in [3.05, 3.63) is 82.9 Å². The number of primary amides is 1. The number of fused-ring (bicyclic) bond motifs is 1. The Labute approximate surface area is 162 Å². The van der Waals surface area contributed by atoms with E-state index in [4.69, 9.17) is 5.73 Å². The topological polar surface area (TPSA) is 103 Å². The Morgan fingerprint density at radius 3 is 2.68 bits per heavy atom. The third-order valence-corrected chi connectivity index (χ3v) is 4.83. The van der Waals surface area contributed by atoms with E-state index in [-0.39, 0.29) is 18.4 Å². The van der Waals surface area contributed by atoms with Gasteiger partial charge in [0.05, 0.1) is 12.5 Å². The van der Waals surface area contributed by atoms with Gasteiger partial charge in [0.25, 0.3) is 5.91 Å². The van der Waals surface area contributed by atoms with Gasteiger partial charge in [-0.3, -0.25) is 9.59 Å². The number of aromatic nitrogens is 3. The van der Waals surface area contributed by atoms with Crippen LogP contribution >= 0.6 is 0 Å². The number of aryl methyl sites for hydroxylation is 2. The molecule has 2 aromatic carbocycles. The predicted octanol–water partition coefficient (Wildman–Crippen LogP) is 1.58. The van der Waals surface area contributed by atoms with Crippen LogP contribution in [0.1, 0.15) is 39.2 Å². The second-order valence-electron chi connectivity index (χ2n) is 6.88. The van der Waals surface area contributed by atoms with Crippen LogP contribution in [0.5, 0.6) is 0 Å². The Bertz CT molecular complexity index is 1010. The molecule has 1 aromatic heterocycles. The molecule has 0 spiro atoms. The fourth-order valence-corrected chi connectivity index (χ4v) is 3.52. The van der Waals surface area contributed by atoms with Gasteiger partial charge in [0.15, 0.2) is 5.82 Å². The number of nitrogens with two attached hydrogens (primary N) is 1. The first-order valence-corrected chi connectivity index (χ1v) is 9.25. The Morgan fingerprint density at radius 2 is 1.89 bits per heavy atom. The number of nitrogens with zero attached hydrogens (tertiary/aromatic N) is 3. The van der Waals surface area contributed by atoms with Gasteiger partial charge >= 0.3 is 0 Å². The molecule has 0 saturated heterocycles. The van der Waals surface area contributed by atoms with Crippen LogP contribution in [0.4, 0.5) is 0 Å². The third-order valence-electron chi connectivity index (χ3n) is 4.83. The lowest BCUT2D eigenvalue weighted by Crippen LogP contribution is -2.37. The van der Waals surface area contributed by atoms with Crippen LogP contribution in [0.2, 0.25) is 0 Å². The molecule has 7 heteroatoms. The van der Waals surface area contributed by atoms with Gasteiger partial charge in [-0.05, 0) is 23.6 Å². The van der Waals surface area contributed by atoms with Gasteiger partial charge in [-0.25, -0.2) is 9.67 Å². The van der Waals surface area contributed by atoms with Crippen LogP contribution in [-0.2, 0) is 30.6 Å². The molecule has 0 fully saturated rings. The SMILES string of the molecule is NC(=O)Cc1nc([C@H]2Cc3ccccc3C(=O)N2)n(CCc2ccccc2)n1. The molecule has 28 heavy (non-hydrogen) atoms. The Hall–Kier alpha value is -3.48. The summed E-state index contributed by atoms with van der Waals surface area (Å²) in [4.78, 5) is 28.4. The highest BCUT2D eigenvalue weighted by molar-refractivity contribution is 5.97. The van der Waals surface area contributed by atoms with Gasteiger partial charge in [0, 0.05) is 18.5 Å². The molecule has 0 radical (unpaired) electrons. The van der Waals surface area contributed by atoms with Crippen molar-refractivity contribution in [2.24, 2.45) is 5.73 Å². The zero-order chi connectivity index (χ0) is 19.5. The van der Waals surface area contributed by atoms with Crippen molar-refractivity contribution < 1.29 is 9.59 Å². The van der Waals surface area contributed by atoms with E-state index in [1.165, 1.54) is 5.56 Å². The summed E-state index contributed by atoms with van der Waals surface area (Å²) in [5.74, 6) is 0.421. The maximum Gasteiger partial charge on any atom is 0.252 e. The third kappa shape index (κ3) is 3.78. The highest BCUT2D eigenvalue weighted by atomic mass is 16.2. The van der Waals surface area contributed by atoms with E-state index >= 15 is 0 Å². The number of benzene rings is 2. The minimum Gasteiger partial charge on any atom is -0.369 e. The summed E-state index contributed by atoms with van der Waals surface area (Å²) < 4.78 is 1.78. The van der Waals surface area contributed by atoms with Gasteiger partial charge in [-0.1, -0.05) is 48.5 Å². The molecule has 1 aliphatic rings. The Morgan fingerprint density at radius 1 is 1.14 bits per heavy atom. The molecule has 0 saturated carbocycles. The summed E-state index contributed by atoms with van der Waals surface area (Å²) in [6.07, 6.45) is 1.37. The summed E-state index contributed by atoms with van der Waals surface area (Å²) in [7, 11) is 0. The fourth-order valence-electron chi connectivity index (χ4n) is 3.52. The number of carbonyl (C=O) groups excluding carboxylic acids is 2. The molecule has 7 nitrogen and oxygen atoms in total. The smallest absolute Gasteiger partial charge is 0.252 e. The van der Waals surface area contributed by atoms with Crippen molar-refractivity contribution in [2.45, 2.75) is 31.8 Å². The van der Waals surface area contributed by atoms with Crippen LogP contribution in [0.3, 0.4) is 0 Å². The number of hydrogen-bond donors (Lipinski definition) is 2. The summed E-state index contributed by atoms with van der Waals surface area (Å²) in [6.45, 7) is 0.596. The monoisotopic (exact) mass is 375 g/mol.